The van der Waals surface area contributed by atoms with Gasteiger partial charge in [-0.1, -0.05) is 0 Å². The van der Waals surface area contributed by atoms with E-state index in [1.165, 1.54) is 0 Å². The van der Waals surface area contributed by atoms with Crippen LogP contribution in [0, 0.1) is 0 Å². The van der Waals surface area contributed by atoms with Crippen LogP contribution in [0.3, 0.4) is 0 Å². The van der Waals surface area contributed by atoms with Crippen molar-refractivity contribution in [2.45, 2.75) is 6.10 Å². The van der Waals surface area contributed by atoms with E-state index in [1.807, 2.05) is 0 Å². The molecule has 0 aliphatic heterocycles. The van der Waals surface area contributed by atoms with E-state index in [1.54, 1.807) is 32.4 Å². The van der Waals surface area contributed by atoms with Gasteiger partial charge in [0.05, 0.1) is 32.6 Å². The fraction of sp³-hybridized carbons (Fsp3) is 0.455. The van der Waals surface area contributed by atoms with Gasteiger partial charge >= 0.3 is 0 Å². The molecule has 1 aromatic carbocycles. The average Bonchev–Trinajstić information content (AvgIpc) is 2.35. The second-order valence-electron chi connectivity index (χ2n) is 3.28. The van der Waals surface area contributed by atoms with Gasteiger partial charge in [0.15, 0.2) is 0 Å². The fourth-order valence-corrected chi connectivity index (χ4v) is 1.24. The first-order valence-electron chi connectivity index (χ1n) is 4.96. The summed E-state index contributed by atoms with van der Waals surface area (Å²) in [5.41, 5.74) is 0.746. The molecule has 0 unspecified atom stereocenters. The summed E-state index contributed by atoms with van der Waals surface area (Å²) >= 11 is 0. The van der Waals surface area contributed by atoms with Crippen LogP contribution >= 0.6 is 0 Å². The highest BCUT2D eigenvalue weighted by atomic mass is 16.5. The molecule has 0 spiro atoms. The zero-order chi connectivity index (χ0) is 12.0. The molecule has 0 saturated heterocycles. The predicted molar refractivity (Wildman–Crippen MR) is 61.1 cm³/mol. The zero-order valence-corrected chi connectivity index (χ0v) is 9.43. The number of aliphatic hydroxyl groups is 2. The fourth-order valence-electron chi connectivity index (χ4n) is 1.24. The number of benzene rings is 1. The lowest BCUT2D eigenvalue weighted by atomic mass is 10.2. The topological polar surface area (TPSA) is 71.0 Å². The minimum Gasteiger partial charge on any atom is -0.497 e. The molecule has 0 radical (unpaired) electrons. The van der Waals surface area contributed by atoms with Gasteiger partial charge in [0.2, 0.25) is 0 Å². The Bertz CT molecular complexity index is 330. The summed E-state index contributed by atoms with van der Waals surface area (Å²) in [6, 6.07) is 5.33. The van der Waals surface area contributed by atoms with Crippen molar-refractivity contribution >= 4 is 5.69 Å². The van der Waals surface area contributed by atoms with Crippen molar-refractivity contribution in [1.82, 2.24) is 0 Å². The van der Waals surface area contributed by atoms with E-state index < -0.39 is 6.10 Å². The number of aliphatic hydroxyl groups excluding tert-OH is 2. The van der Waals surface area contributed by atoms with E-state index in [0.717, 1.165) is 5.69 Å². The molecular formula is C11H17NO4. The highest BCUT2D eigenvalue weighted by Gasteiger charge is 2.06. The summed E-state index contributed by atoms with van der Waals surface area (Å²) in [5, 5.41) is 20.9. The van der Waals surface area contributed by atoms with Crippen molar-refractivity contribution < 1.29 is 19.7 Å². The van der Waals surface area contributed by atoms with Crippen molar-refractivity contribution in [2.75, 3.05) is 32.7 Å². The Morgan fingerprint density at radius 3 is 2.62 bits per heavy atom. The third kappa shape index (κ3) is 3.29. The summed E-state index contributed by atoms with van der Waals surface area (Å²) in [7, 11) is 3.14. The predicted octanol–water partition coefficient (Wildman–Crippen LogP) is 0.469. The van der Waals surface area contributed by atoms with E-state index in [2.05, 4.69) is 5.32 Å². The standard InChI is InChI=1S/C11H17NO4/c1-15-9-3-4-10(11(5-9)16-2)12-6-8(14)7-13/h3-5,8,12-14H,6-7H2,1-2H3/t8-/m0/s1. The van der Waals surface area contributed by atoms with Crippen LogP contribution in [0.25, 0.3) is 0 Å². The van der Waals surface area contributed by atoms with Crippen LogP contribution in [-0.2, 0) is 0 Å². The first-order chi connectivity index (χ1) is 7.71. The van der Waals surface area contributed by atoms with Crippen LogP contribution in [0.1, 0.15) is 0 Å². The lowest BCUT2D eigenvalue weighted by Crippen LogP contribution is -2.23. The number of nitrogens with one attached hydrogen (secondary N) is 1. The number of ether oxygens (including phenoxy) is 2. The summed E-state index contributed by atoms with van der Waals surface area (Å²) < 4.78 is 10.2. The quantitative estimate of drug-likeness (QED) is 0.659. The second kappa shape index (κ2) is 6.19. The molecule has 0 amide bonds. The maximum atomic E-state index is 9.21. The Balaban J connectivity index is 2.71. The molecule has 0 heterocycles. The van der Waals surface area contributed by atoms with Crippen LogP contribution in [-0.4, -0.2) is 43.7 Å². The van der Waals surface area contributed by atoms with E-state index in [0.29, 0.717) is 11.5 Å². The number of methoxy groups -OCH3 is 2. The molecule has 0 aliphatic rings. The van der Waals surface area contributed by atoms with Gasteiger partial charge in [-0.15, -0.1) is 0 Å². The summed E-state index contributed by atoms with van der Waals surface area (Å²) in [4.78, 5) is 0. The van der Waals surface area contributed by atoms with Gasteiger partial charge in [0.1, 0.15) is 11.5 Å². The Hall–Kier alpha value is -1.46. The molecule has 1 aromatic rings. The Labute approximate surface area is 94.6 Å². The molecule has 0 bridgehead atoms. The molecule has 16 heavy (non-hydrogen) atoms. The molecule has 5 heteroatoms. The van der Waals surface area contributed by atoms with E-state index in [4.69, 9.17) is 14.6 Å². The van der Waals surface area contributed by atoms with Crippen molar-refractivity contribution in [1.29, 1.82) is 0 Å². The third-order valence-corrected chi connectivity index (χ3v) is 2.15. The number of rotatable bonds is 6. The monoisotopic (exact) mass is 227 g/mol. The number of anilines is 1. The van der Waals surface area contributed by atoms with Gasteiger partial charge in [-0.2, -0.15) is 0 Å². The Morgan fingerprint density at radius 1 is 1.31 bits per heavy atom. The molecule has 0 saturated carbocycles. The van der Waals surface area contributed by atoms with Gasteiger partial charge in [-0.25, -0.2) is 0 Å². The number of hydrogen-bond acceptors (Lipinski definition) is 5. The lowest BCUT2D eigenvalue weighted by Gasteiger charge is -2.14. The van der Waals surface area contributed by atoms with E-state index in [-0.39, 0.29) is 13.2 Å². The SMILES string of the molecule is COc1ccc(NC[C@H](O)CO)c(OC)c1. The molecule has 90 valence electrons. The Morgan fingerprint density at radius 2 is 2.06 bits per heavy atom. The summed E-state index contributed by atoms with van der Waals surface area (Å²) in [5.74, 6) is 1.33. The van der Waals surface area contributed by atoms with Crippen molar-refractivity contribution in [3.63, 3.8) is 0 Å². The number of hydrogen-bond donors (Lipinski definition) is 3. The first-order valence-corrected chi connectivity index (χ1v) is 4.96. The smallest absolute Gasteiger partial charge is 0.145 e. The van der Waals surface area contributed by atoms with Crippen molar-refractivity contribution in [2.24, 2.45) is 0 Å². The van der Waals surface area contributed by atoms with E-state index in [9.17, 15) is 5.11 Å². The molecule has 1 rings (SSSR count). The van der Waals surface area contributed by atoms with Crippen molar-refractivity contribution in [3.8, 4) is 11.5 Å². The minimum atomic E-state index is -0.785. The van der Waals surface area contributed by atoms with Crippen LogP contribution < -0.4 is 14.8 Å². The molecule has 0 aliphatic carbocycles. The first kappa shape index (κ1) is 12.6. The van der Waals surface area contributed by atoms with Gasteiger partial charge < -0.3 is 25.0 Å². The largest absolute Gasteiger partial charge is 0.497 e. The average molecular weight is 227 g/mol. The maximum Gasteiger partial charge on any atom is 0.145 e. The third-order valence-electron chi connectivity index (χ3n) is 2.15. The zero-order valence-electron chi connectivity index (χ0n) is 9.43. The minimum absolute atomic E-state index is 0.263. The van der Waals surface area contributed by atoms with Gasteiger partial charge in [-0.3, -0.25) is 0 Å². The van der Waals surface area contributed by atoms with Crippen LogP contribution in [0.5, 0.6) is 11.5 Å². The highest BCUT2D eigenvalue weighted by Crippen LogP contribution is 2.28. The Kier molecular flexibility index (Phi) is 4.88. The normalized spacial score (nSPS) is 12.0. The second-order valence-corrected chi connectivity index (χ2v) is 3.28. The van der Waals surface area contributed by atoms with Crippen LogP contribution in [0.2, 0.25) is 0 Å². The highest BCUT2D eigenvalue weighted by molar-refractivity contribution is 5.59. The molecule has 0 fully saturated rings. The van der Waals surface area contributed by atoms with Gasteiger partial charge in [0, 0.05) is 12.6 Å². The van der Waals surface area contributed by atoms with Crippen LogP contribution in [0.4, 0.5) is 5.69 Å². The van der Waals surface area contributed by atoms with Gasteiger partial charge in [0.25, 0.3) is 0 Å². The lowest BCUT2D eigenvalue weighted by molar-refractivity contribution is 0.105. The van der Waals surface area contributed by atoms with Crippen molar-refractivity contribution in [3.05, 3.63) is 18.2 Å². The molecule has 0 aromatic heterocycles. The molecule has 1 atom stereocenters. The summed E-state index contributed by atoms with van der Waals surface area (Å²) in [6.07, 6.45) is -0.785. The van der Waals surface area contributed by atoms with Gasteiger partial charge in [-0.05, 0) is 12.1 Å². The van der Waals surface area contributed by atoms with Crippen LogP contribution in [0.15, 0.2) is 18.2 Å². The molecule has 3 N–H and O–H groups in total. The summed E-state index contributed by atoms with van der Waals surface area (Å²) in [6.45, 7) is -0.00927. The molecule has 5 nitrogen and oxygen atoms in total. The van der Waals surface area contributed by atoms with E-state index >= 15 is 0 Å². The maximum absolute atomic E-state index is 9.21. The molecular weight excluding hydrogens is 210 g/mol.